The molecule has 1 aromatic rings. The van der Waals surface area contributed by atoms with E-state index in [0.29, 0.717) is 13.0 Å². The second-order valence-corrected chi connectivity index (χ2v) is 3.69. The lowest BCUT2D eigenvalue weighted by Crippen LogP contribution is -2.05. The van der Waals surface area contributed by atoms with Crippen molar-refractivity contribution in [1.82, 2.24) is 0 Å². The Morgan fingerprint density at radius 3 is 2.25 bits per heavy atom. The highest BCUT2D eigenvalue weighted by Gasteiger charge is 2.30. The topological polar surface area (TPSA) is 4.36 Å². The van der Waals surface area contributed by atoms with Gasteiger partial charge in [-0.25, -0.2) is 6.57 Å². The van der Waals surface area contributed by atoms with E-state index in [1.54, 1.807) is 0 Å². The largest absolute Gasteiger partial charge is 0.416 e. The van der Waals surface area contributed by atoms with Crippen LogP contribution in [0.25, 0.3) is 4.85 Å². The molecule has 0 amide bonds. The quantitative estimate of drug-likeness (QED) is 0.684. The van der Waals surface area contributed by atoms with Crippen molar-refractivity contribution in [3.63, 3.8) is 0 Å². The molecular weight excluding hydrogens is 215 g/mol. The molecule has 0 spiro atoms. The Kier molecular flexibility index (Phi) is 3.94. The van der Waals surface area contributed by atoms with Crippen LogP contribution in [-0.2, 0) is 6.18 Å². The SMILES string of the molecule is [C-]#[N+]CCC(C)c1ccc(C(F)(F)F)cc1. The Hall–Kier alpha value is -1.50. The summed E-state index contributed by atoms with van der Waals surface area (Å²) in [7, 11) is 0. The molecule has 0 radical (unpaired) electrons. The van der Waals surface area contributed by atoms with Crippen molar-refractivity contribution < 1.29 is 13.2 Å². The summed E-state index contributed by atoms with van der Waals surface area (Å²) in [5.74, 6) is 0.122. The minimum atomic E-state index is -4.28. The molecule has 1 rings (SSSR count). The molecule has 0 heterocycles. The summed E-state index contributed by atoms with van der Waals surface area (Å²) in [5.41, 5.74) is 0.213. The molecule has 1 atom stereocenters. The van der Waals surface area contributed by atoms with Gasteiger partial charge in [-0.05, 0) is 23.6 Å². The minimum Gasteiger partial charge on any atom is -0.317 e. The van der Waals surface area contributed by atoms with Gasteiger partial charge in [-0.15, -0.1) is 0 Å². The first-order valence-electron chi connectivity index (χ1n) is 4.95. The highest BCUT2D eigenvalue weighted by Crippen LogP contribution is 2.30. The molecule has 1 nitrogen and oxygen atoms in total. The van der Waals surface area contributed by atoms with Gasteiger partial charge in [-0.2, -0.15) is 13.2 Å². The third-order valence-corrected chi connectivity index (χ3v) is 2.48. The van der Waals surface area contributed by atoms with Crippen molar-refractivity contribution in [1.29, 1.82) is 0 Å². The van der Waals surface area contributed by atoms with E-state index >= 15 is 0 Å². The number of benzene rings is 1. The van der Waals surface area contributed by atoms with Gasteiger partial charge in [0.1, 0.15) is 0 Å². The van der Waals surface area contributed by atoms with Gasteiger partial charge in [-0.1, -0.05) is 19.1 Å². The molecular formula is C12H12F3N. The summed E-state index contributed by atoms with van der Waals surface area (Å²) < 4.78 is 36.9. The lowest BCUT2D eigenvalue weighted by Gasteiger charge is -2.11. The molecule has 0 saturated carbocycles. The van der Waals surface area contributed by atoms with Crippen LogP contribution in [0.5, 0.6) is 0 Å². The van der Waals surface area contributed by atoms with E-state index in [1.165, 1.54) is 12.1 Å². The van der Waals surface area contributed by atoms with Crippen molar-refractivity contribution in [3.05, 3.63) is 46.8 Å². The minimum absolute atomic E-state index is 0.122. The molecule has 0 aliphatic carbocycles. The van der Waals surface area contributed by atoms with E-state index in [0.717, 1.165) is 17.7 Å². The lowest BCUT2D eigenvalue weighted by atomic mass is 9.97. The average molecular weight is 227 g/mol. The first-order valence-corrected chi connectivity index (χ1v) is 4.95. The van der Waals surface area contributed by atoms with E-state index in [9.17, 15) is 13.2 Å². The molecule has 0 fully saturated rings. The van der Waals surface area contributed by atoms with Crippen molar-refractivity contribution in [2.24, 2.45) is 0 Å². The Labute approximate surface area is 92.7 Å². The first-order chi connectivity index (χ1) is 7.45. The van der Waals surface area contributed by atoms with Gasteiger partial charge in [0.2, 0.25) is 6.54 Å². The van der Waals surface area contributed by atoms with Gasteiger partial charge in [-0.3, -0.25) is 0 Å². The number of hydrogen-bond acceptors (Lipinski definition) is 0. The zero-order valence-electron chi connectivity index (χ0n) is 8.88. The van der Waals surface area contributed by atoms with E-state index in [2.05, 4.69) is 4.85 Å². The molecule has 0 aliphatic heterocycles. The third-order valence-electron chi connectivity index (χ3n) is 2.48. The van der Waals surface area contributed by atoms with E-state index in [1.807, 2.05) is 6.92 Å². The Morgan fingerprint density at radius 2 is 1.81 bits per heavy atom. The molecule has 86 valence electrons. The number of hydrogen-bond donors (Lipinski definition) is 0. The van der Waals surface area contributed by atoms with Crippen LogP contribution in [0.4, 0.5) is 13.2 Å². The smallest absolute Gasteiger partial charge is 0.317 e. The maximum absolute atomic E-state index is 12.3. The normalized spacial score (nSPS) is 13.2. The maximum Gasteiger partial charge on any atom is 0.416 e. The summed E-state index contributed by atoms with van der Waals surface area (Å²) in [6.45, 7) is 8.97. The number of alkyl halides is 3. The Balaban J connectivity index is 2.76. The fraction of sp³-hybridized carbons (Fsp3) is 0.417. The highest BCUT2D eigenvalue weighted by molar-refractivity contribution is 5.26. The van der Waals surface area contributed by atoms with Crippen LogP contribution in [0.15, 0.2) is 24.3 Å². The number of rotatable bonds is 3. The van der Waals surface area contributed by atoms with Crippen molar-refractivity contribution in [3.8, 4) is 0 Å². The van der Waals surface area contributed by atoms with Crippen molar-refractivity contribution in [2.45, 2.75) is 25.4 Å². The molecule has 0 aliphatic rings. The molecule has 0 N–H and O–H groups in total. The molecule has 16 heavy (non-hydrogen) atoms. The molecule has 4 heteroatoms. The fourth-order valence-electron chi connectivity index (χ4n) is 1.43. The van der Waals surface area contributed by atoms with Crippen LogP contribution in [0.3, 0.4) is 0 Å². The summed E-state index contributed by atoms with van der Waals surface area (Å²) in [6.07, 6.45) is -3.60. The van der Waals surface area contributed by atoms with Gasteiger partial charge in [0.05, 0.1) is 5.56 Å². The lowest BCUT2D eigenvalue weighted by molar-refractivity contribution is -0.137. The predicted octanol–water partition coefficient (Wildman–Crippen LogP) is 4.12. The fourth-order valence-corrected chi connectivity index (χ4v) is 1.43. The summed E-state index contributed by atoms with van der Waals surface area (Å²) >= 11 is 0. The van der Waals surface area contributed by atoms with Gasteiger partial charge >= 0.3 is 6.18 Å². The van der Waals surface area contributed by atoms with E-state index < -0.39 is 11.7 Å². The maximum atomic E-state index is 12.3. The zero-order chi connectivity index (χ0) is 12.2. The highest BCUT2D eigenvalue weighted by atomic mass is 19.4. The Morgan fingerprint density at radius 1 is 1.25 bits per heavy atom. The second kappa shape index (κ2) is 5.02. The van der Waals surface area contributed by atoms with Gasteiger partial charge in [0.25, 0.3) is 0 Å². The molecule has 0 aromatic heterocycles. The number of halogens is 3. The van der Waals surface area contributed by atoms with Crippen LogP contribution in [0, 0.1) is 6.57 Å². The van der Waals surface area contributed by atoms with E-state index in [-0.39, 0.29) is 5.92 Å². The monoisotopic (exact) mass is 227 g/mol. The van der Waals surface area contributed by atoms with Crippen LogP contribution in [-0.4, -0.2) is 6.54 Å². The zero-order valence-corrected chi connectivity index (χ0v) is 8.88. The van der Waals surface area contributed by atoms with Gasteiger partial charge in [0, 0.05) is 6.42 Å². The van der Waals surface area contributed by atoms with Gasteiger partial charge in [0.15, 0.2) is 0 Å². The van der Waals surface area contributed by atoms with Gasteiger partial charge < -0.3 is 4.85 Å². The first kappa shape index (κ1) is 12.6. The second-order valence-electron chi connectivity index (χ2n) is 3.69. The summed E-state index contributed by atoms with van der Waals surface area (Å²) in [4.78, 5) is 3.23. The number of nitrogens with zero attached hydrogens (tertiary/aromatic N) is 1. The van der Waals surface area contributed by atoms with Crippen LogP contribution in [0.1, 0.15) is 30.4 Å². The standard InChI is InChI=1S/C12H12F3N/c1-9(7-8-16-2)10-3-5-11(6-4-10)12(13,14)15/h3-6,9H,7-8H2,1H3. The molecule has 0 bridgehead atoms. The summed E-state index contributed by atoms with van der Waals surface area (Å²) in [5, 5.41) is 0. The van der Waals surface area contributed by atoms with Crippen LogP contribution >= 0.6 is 0 Å². The van der Waals surface area contributed by atoms with Crippen molar-refractivity contribution >= 4 is 0 Å². The van der Waals surface area contributed by atoms with Crippen LogP contribution < -0.4 is 0 Å². The molecule has 1 unspecified atom stereocenters. The van der Waals surface area contributed by atoms with E-state index in [4.69, 9.17) is 6.57 Å². The average Bonchev–Trinajstić information content (AvgIpc) is 2.25. The Bertz CT molecular complexity index is 373. The van der Waals surface area contributed by atoms with Crippen molar-refractivity contribution in [2.75, 3.05) is 6.54 Å². The van der Waals surface area contributed by atoms with Crippen LogP contribution in [0.2, 0.25) is 0 Å². The summed E-state index contributed by atoms with van der Waals surface area (Å²) in [6, 6.07) is 5.14. The molecule has 1 aromatic carbocycles. The predicted molar refractivity (Wildman–Crippen MR) is 55.9 cm³/mol. The third kappa shape index (κ3) is 3.27. The molecule has 0 saturated heterocycles.